The number of nitrogens with zero attached hydrogens (tertiary/aromatic N) is 2. The van der Waals surface area contributed by atoms with Gasteiger partial charge >= 0.3 is 0 Å². The zero-order chi connectivity index (χ0) is 17.1. The number of carbonyl (C=O) groups is 1. The van der Waals surface area contributed by atoms with E-state index in [-0.39, 0.29) is 11.6 Å². The second kappa shape index (κ2) is 6.80. The molecule has 0 aliphatic heterocycles. The molecule has 0 atom stereocenters. The van der Waals surface area contributed by atoms with E-state index in [0.717, 1.165) is 5.56 Å². The molecule has 6 nitrogen and oxygen atoms in total. The average molecular weight is 346 g/mol. The van der Waals surface area contributed by atoms with Crippen molar-refractivity contribution in [3.8, 4) is 11.5 Å². The summed E-state index contributed by atoms with van der Waals surface area (Å²) in [5.41, 5.74) is 1.76. The van der Waals surface area contributed by atoms with Gasteiger partial charge in [0.1, 0.15) is 0 Å². The van der Waals surface area contributed by atoms with E-state index in [4.69, 9.17) is 21.1 Å². The molecule has 1 amide bonds. The summed E-state index contributed by atoms with van der Waals surface area (Å²) < 4.78 is 12.0. The molecule has 1 N–H and O–H groups in total. The maximum atomic E-state index is 12.4. The maximum absolute atomic E-state index is 12.4. The van der Waals surface area contributed by atoms with Crippen LogP contribution in [0.2, 0.25) is 5.02 Å². The first-order valence-corrected chi connectivity index (χ1v) is 7.64. The van der Waals surface area contributed by atoms with Gasteiger partial charge in [-0.05, 0) is 29.8 Å². The van der Waals surface area contributed by atoms with Crippen molar-refractivity contribution >= 4 is 23.0 Å². The van der Waals surface area contributed by atoms with E-state index in [1.165, 1.54) is 0 Å². The van der Waals surface area contributed by atoms with Crippen molar-refractivity contribution in [2.45, 2.75) is 6.54 Å². The molecule has 0 spiro atoms. The lowest BCUT2D eigenvalue weighted by atomic mass is 10.2. The Morgan fingerprint density at radius 3 is 2.71 bits per heavy atom. The second-order valence-corrected chi connectivity index (χ2v) is 5.44. The molecule has 0 unspecified atom stereocenters. The average Bonchev–Trinajstić information content (AvgIpc) is 2.96. The molecule has 0 radical (unpaired) electrons. The number of aromatic nitrogens is 2. The van der Waals surface area contributed by atoms with E-state index >= 15 is 0 Å². The lowest BCUT2D eigenvalue weighted by molar-refractivity contribution is 0.0945. The summed E-state index contributed by atoms with van der Waals surface area (Å²) in [5, 5.41) is 7.36. The van der Waals surface area contributed by atoms with Gasteiger partial charge in [0.2, 0.25) is 0 Å². The minimum absolute atomic E-state index is 0.198. The third kappa shape index (κ3) is 3.00. The number of hydrogen-bond donors (Lipinski definition) is 1. The first-order valence-electron chi connectivity index (χ1n) is 7.26. The van der Waals surface area contributed by atoms with Crippen molar-refractivity contribution in [1.82, 2.24) is 14.9 Å². The number of fused-ring (bicyclic) bond motifs is 1. The molecule has 7 heteroatoms. The molecule has 0 fully saturated rings. The number of methoxy groups -OCH3 is 2. The molecule has 24 heavy (non-hydrogen) atoms. The lowest BCUT2D eigenvalue weighted by Crippen LogP contribution is -2.23. The first-order chi connectivity index (χ1) is 11.6. The molecule has 0 saturated carbocycles. The van der Waals surface area contributed by atoms with Crippen LogP contribution >= 0.6 is 11.6 Å². The van der Waals surface area contributed by atoms with Crippen LogP contribution in [0.25, 0.3) is 5.52 Å². The Hall–Kier alpha value is -2.73. The number of hydrogen-bond acceptors (Lipinski definition) is 4. The highest BCUT2D eigenvalue weighted by molar-refractivity contribution is 6.36. The van der Waals surface area contributed by atoms with Crippen LogP contribution in [0.3, 0.4) is 0 Å². The van der Waals surface area contributed by atoms with E-state index in [1.807, 2.05) is 24.3 Å². The fraction of sp³-hybridized carbons (Fsp3) is 0.176. The minimum atomic E-state index is -0.335. The smallest absolute Gasteiger partial charge is 0.273 e. The van der Waals surface area contributed by atoms with Gasteiger partial charge in [-0.3, -0.25) is 4.79 Å². The number of carbonyl (C=O) groups excluding carboxylic acids is 1. The molecule has 3 aromatic rings. The molecule has 0 aliphatic rings. The zero-order valence-electron chi connectivity index (χ0n) is 13.2. The molecular weight excluding hydrogens is 330 g/mol. The third-order valence-electron chi connectivity index (χ3n) is 3.60. The molecule has 0 saturated heterocycles. The fourth-order valence-electron chi connectivity index (χ4n) is 2.37. The van der Waals surface area contributed by atoms with E-state index in [1.54, 1.807) is 37.1 Å². The molecule has 1 aromatic carbocycles. The number of amides is 1. The van der Waals surface area contributed by atoms with Gasteiger partial charge in [-0.25, -0.2) is 4.52 Å². The monoisotopic (exact) mass is 345 g/mol. The lowest BCUT2D eigenvalue weighted by Gasteiger charge is -2.10. The van der Waals surface area contributed by atoms with Crippen molar-refractivity contribution in [2.24, 2.45) is 0 Å². The predicted molar refractivity (Wildman–Crippen MR) is 90.9 cm³/mol. The summed E-state index contributed by atoms with van der Waals surface area (Å²) in [5.74, 6) is 0.907. The summed E-state index contributed by atoms with van der Waals surface area (Å²) in [4.78, 5) is 12.4. The van der Waals surface area contributed by atoms with Crippen LogP contribution in [-0.4, -0.2) is 29.7 Å². The Morgan fingerprint density at radius 1 is 1.21 bits per heavy atom. The van der Waals surface area contributed by atoms with E-state index < -0.39 is 0 Å². The molecule has 3 rings (SSSR count). The summed E-state index contributed by atoms with van der Waals surface area (Å²) in [6.45, 7) is 0.323. The van der Waals surface area contributed by atoms with Crippen LogP contribution in [0, 0.1) is 0 Å². The number of rotatable bonds is 5. The number of pyridine rings is 1. The van der Waals surface area contributed by atoms with Crippen LogP contribution < -0.4 is 14.8 Å². The fourth-order valence-corrected chi connectivity index (χ4v) is 2.64. The highest BCUT2D eigenvalue weighted by Gasteiger charge is 2.17. The van der Waals surface area contributed by atoms with E-state index in [2.05, 4.69) is 10.4 Å². The SMILES string of the molecule is COc1ccc(CNC(=O)c2nn3ccccc3c2Cl)cc1OC. The van der Waals surface area contributed by atoms with Gasteiger partial charge in [0.15, 0.2) is 17.2 Å². The number of benzene rings is 1. The molecule has 2 aromatic heterocycles. The van der Waals surface area contributed by atoms with Gasteiger partial charge in [-0.2, -0.15) is 5.10 Å². The highest BCUT2D eigenvalue weighted by atomic mass is 35.5. The predicted octanol–water partition coefficient (Wildman–Crippen LogP) is 2.93. The summed E-state index contributed by atoms with van der Waals surface area (Å²) in [6, 6.07) is 10.9. The zero-order valence-corrected chi connectivity index (χ0v) is 14.0. The van der Waals surface area contributed by atoms with Crippen molar-refractivity contribution < 1.29 is 14.3 Å². The van der Waals surface area contributed by atoms with Crippen LogP contribution in [0.1, 0.15) is 16.1 Å². The van der Waals surface area contributed by atoms with Crippen LogP contribution in [-0.2, 0) is 6.54 Å². The summed E-state index contributed by atoms with van der Waals surface area (Å²) in [6.07, 6.45) is 1.74. The van der Waals surface area contributed by atoms with Gasteiger partial charge in [0.05, 0.1) is 24.8 Å². The Balaban J connectivity index is 1.76. The van der Waals surface area contributed by atoms with Gasteiger partial charge in [0, 0.05) is 12.7 Å². The normalized spacial score (nSPS) is 10.6. The maximum Gasteiger partial charge on any atom is 0.273 e. The topological polar surface area (TPSA) is 64.9 Å². The molecule has 0 aliphatic carbocycles. The van der Waals surface area contributed by atoms with Gasteiger partial charge < -0.3 is 14.8 Å². The van der Waals surface area contributed by atoms with E-state index in [9.17, 15) is 4.79 Å². The van der Waals surface area contributed by atoms with Crippen molar-refractivity contribution in [2.75, 3.05) is 14.2 Å². The standard InChI is InChI=1S/C17H16ClN3O3/c1-23-13-7-6-11(9-14(13)24-2)10-19-17(22)16-15(18)12-5-3-4-8-21(12)20-16/h3-9H,10H2,1-2H3,(H,19,22). The van der Waals surface area contributed by atoms with Gasteiger partial charge in [0.25, 0.3) is 5.91 Å². The Bertz CT molecular complexity index is 892. The first kappa shape index (κ1) is 16.1. The quantitative estimate of drug-likeness (QED) is 0.772. The Kier molecular flexibility index (Phi) is 4.57. The van der Waals surface area contributed by atoms with Crippen molar-refractivity contribution in [1.29, 1.82) is 0 Å². The number of ether oxygens (including phenoxy) is 2. The highest BCUT2D eigenvalue weighted by Crippen LogP contribution is 2.27. The third-order valence-corrected chi connectivity index (χ3v) is 3.97. The van der Waals surface area contributed by atoms with Crippen molar-refractivity contribution in [3.63, 3.8) is 0 Å². The molecular formula is C17H16ClN3O3. The molecule has 124 valence electrons. The van der Waals surface area contributed by atoms with Crippen molar-refractivity contribution in [3.05, 3.63) is 58.9 Å². The van der Waals surface area contributed by atoms with Crippen LogP contribution in [0.15, 0.2) is 42.6 Å². The van der Waals surface area contributed by atoms with Gasteiger partial charge in [-0.1, -0.05) is 23.7 Å². The second-order valence-electron chi connectivity index (χ2n) is 5.07. The van der Waals surface area contributed by atoms with Crippen LogP contribution in [0.4, 0.5) is 0 Å². The molecule has 0 bridgehead atoms. The molecule has 2 heterocycles. The van der Waals surface area contributed by atoms with Crippen LogP contribution in [0.5, 0.6) is 11.5 Å². The Labute approximate surface area is 143 Å². The van der Waals surface area contributed by atoms with Gasteiger partial charge in [-0.15, -0.1) is 0 Å². The Morgan fingerprint density at radius 2 is 2.00 bits per heavy atom. The number of halogens is 1. The largest absolute Gasteiger partial charge is 0.493 e. The van der Waals surface area contributed by atoms with E-state index in [0.29, 0.717) is 28.6 Å². The summed E-state index contributed by atoms with van der Waals surface area (Å²) >= 11 is 6.24. The minimum Gasteiger partial charge on any atom is -0.493 e. The summed E-state index contributed by atoms with van der Waals surface area (Å²) in [7, 11) is 3.14. The number of nitrogens with one attached hydrogen (secondary N) is 1.